The first kappa shape index (κ1) is 6.57. The summed E-state index contributed by atoms with van der Waals surface area (Å²) < 4.78 is 0. The first-order valence-corrected chi connectivity index (χ1v) is 3.34. The van der Waals surface area contributed by atoms with Crippen LogP contribution < -0.4 is 0 Å². The van der Waals surface area contributed by atoms with Gasteiger partial charge in [0, 0.05) is 12.5 Å². The van der Waals surface area contributed by atoms with Gasteiger partial charge in [-0.2, -0.15) is 0 Å². The molecule has 0 amide bonds. The van der Waals surface area contributed by atoms with Crippen molar-refractivity contribution in [2.24, 2.45) is 0 Å². The topological polar surface area (TPSA) is 7.60 Å². The summed E-state index contributed by atoms with van der Waals surface area (Å²) >= 11 is 0. The fourth-order valence-corrected chi connectivity index (χ4v) is 1.25. The zero-order valence-electron chi connectivity index (χ0n) is 5.96. The van der Waals surface area contributed by atoms with Crippen LogP contribution in [0.5, 0.6) is 0 Å². The van der Waals surface area contributed by atoms with Gasteiger partial charge in [-0.3, -0.25) is 4.85 Å². The van der Waals surface area contributed by atoms with Crippen molar-refractivity contribution in [1.29, 1.82) is 0 Å². The van der Waals surface area contributed by atoms with Crippen molar-refractivity contribution in [3.63, 3.8) is 0 Å². The number of hydrogen-bond acceptors (Lipinski definition) is 1. The highest BCUT2D eigenvalue weighted by Gasteiger charge is 2.30. The van der Waals surface area contributed by atoms with Crippen molar-refractivity contribution in [2.75, 3.05) is 7.05 Å². The lowest BCUT2D eigenvalue weighted by molar-refractivity contribution is 0.285. The van der Waals surface area contributed by atoms with Crippen LogP contribution in [0.4, 0.5) is 0 Å². The highest BCUT2D eigenvalue weighted by atomic mass is 15.2. The lowest BCUT2D eigenvalue weighted by Crippen LogP contribution is -2.27. The van der Waals surface area contributed by atoms with Crippen LogP contribution in [-0.2, 0) is 0 Å². The molecule has 0 aromatic heterocycles. The number of nitrogens with zero attached hydrogens (tertiary/aromatic N) is 2. The molecule has 0 N–H and O–H groups in total. The second-order valence-electron chi connectivity index (χ2n) is 2.70. The van der Waals surface area contributed by atoms with Crippen molar-refractivity contribution < 1.29 is 0 Å². The summed E-state index contributed by atoms with van der Waals surface area (Å²) in [6, 6.07) is 0.615. The number of hydrogen-bond donors (Lipinski definition) is 0. The SMILES string of the molecule is [C-]#[N+][C@H]1CC[C@@H](C)N1C. The van der Waals surface area contributed by atoms with Crippen LogP contribution in [-0.4, -0.2) is 24.2 Å². The Labute approximate surface area is 56.3 Å². The van der Waals surface area contributed by atoms with Gasteiger partial charge in [0.05, 0.1) is 0 Å². The number of rotatable bonds is 0. The molecule has 1 aliphatic rings. The van der Waals surface area contributed by atoms with E-state index in [2.05, 4.69) is 16.7 Å². The molecular formula is C7H12N2. The molecular weight excluding hydrogens is 112 g/mol. The molecule has 0 aromatic rings. The Balaban J connectivity index is 2.54. The average molecular weight is 124 g/mol. The standard InChI is InChI=1S/C7H12N2/c1-6-4-5-7(8-2)9(6)3/h6-7H,4-5H2,1,3H3/t6-,7-/m1/s1. The van der Waals surface area contributed by atoms with Gasteiger partial charge in [0.25, 0.3) is 6.17 Å². The van der Waals surface area contributed by atoms with E-state index in [0.29, 0.717) is 6.04 Å². The van der Waals surface area contributed by atoms with E-state index in [1.807, 2.05) is 7.05 Å². The normalized spacial score (nSPS) is 36.6. The Morgan fingerprint density at radius 2 is 2.22 bits per heavy atom. The van der Waals surface area contributed by atoms with Crippen LogP contribution in [0.3, 0.4) is 0 Å². The first-order valence-electron chi connectivity index (χ1n) is 3.34. The Hall–Kier alpha value is -0.550. The second-order valence-corrected chi connectivity index (χ2v) is 2.70. The average Bonchev–Trinajstić information content (AvgIpc) is 2.15. The maximum atomic E-state index is 6.80. The molecule has 1 rings (SSSR count). The molecule has 1 heterocycles. The summed E-state index contributed by atoms with van der Waals surface area (Å²) in [4.78, 5) is 5.64. The summed E-state index contributed by atoms with van der Waals surface area (Å²) in [6.07, 6.45) is 2.41. The van der Waals surface area contributed by atoms with Gasteiger partial charge in [-0.25, -0.2) is 11.5 Å². The van der Waals surface area contributed by atoms with Crippen molar-refractivity contribution in [2.45, 2.75) is 32.0 Å². The van der Waals surface area contributed by atoms with Crippen LogP contribution >= 0.6 is 0 Å². The van der Waals surface area contributed by atoms with Crippen molar-refractivity contribution in [3.8, 4) is 0 Å². The Kier molecular flexibility index (Phi) is 1.73. The molecule has 0 aliphatic carbocycles. The van der Waals surface area contributed by atoms with E-state index in [1.54, 1.807) is 0 Å². The largest absolute Gasteiger partial charge is 0.296 e. The van der Waals surface area contributed by atoms with Gasteiger partial charge >= 0.3 is 0 Å². The minimum atomic E-state index is 0.167. The monoisotopic (exact) mass is 124 g/mol. The van der Waals surface area contributed by atoms with Gasteiger partial charge in [0.15, 0.2) is 0 Å². The smallest absolute Gasteiger partial charge is 0.279 e. The third kappa shape index (κ3) is 1.06. The number of likely N-dealkylation sites (tertiary alicyclic amines) is 1. The van der Waals surface area contributed by atoms with Gasteiger partial charge in [-0.1, -0.05) is 0 Å². The molecule has 2 nitrogen and oxygen atoms in total. The fraction of sp³-hybridized carbons (Fsp3) is 0.857. The summed E-state index contributed by atoms with van der Waals surface area (Å²) in [7, 11) is 2.03. The van der Waals surface area contributed by atoms with E-state index in [4.69, 9.17) is 6.57 Å². The molecule has 1 aliphatic heterocycles. The fourth-order valence-electron chi connectivity index (χ4n) is 1.25. The van der Waals surface area contributed by atoms with E-state index in [1.165, 1.54) is 6.42 Å². The van der Waals surface area contributed by atoms with E-state index < -0.39 is 0 Å². The Morgan fingerprint density at radius 1 is 1.56 bits per heavy atom. The van der Waals surface area contributed by atoms with Crippen LogP contribution in [0.1, 0.15) is 19.8 Å². The summed E-state index contributed by atoms with van der Waals surface area (Å²) in [5, 5.41) is 0. The zero-order valence-corrected chi connectivity index (χ0v) is 5.96. The lowest BCUT2D eigenvalue weighted by atomic mass is 10.2. The molecule has 0 aromatic carbocycles. The van der Waals surface area contributed by atoms with Gasteiger partial charge in [-0.05, 0) is 20.4 Å². The highest BCUT2D eigenvalue weighted by molar-refractivity contribution is 4.87. The lowest BCUT2D eigenvalue weighted by Gasteiger charge is -2.13. The minimum absolute atomic E-state index is 0.167. The molecule has 2 atom stereocenters. The second kappa shape index (κ2) is 2.36. The van der Waals surface area contributed by atoms with Crippen LogP contribution in [0, 0.1) is 6.57 Å². The summed E-state index contributed by atoms with van der Waals surface area (Å²) in [6.45, 7) is 8.98. The quantitative estimate of drug-likeness (QED) is 0.442. The molecule has 50 valence electrons. The maximum absolute atomic E-state index is 6.80. The van der Waals surface area contributed by atoms with Gasteiger partial charge < -0.3 is 0 Å². The van der Waals surface area contributed by atoms with Gasteiger partial charge in [-0.15, -0.1) is 0 Å². The molecule has 0 saturated carbocycles. The summed E-state index contributed by atoms with van der Waals surface area (Å²) in [5.74, 6) is 0. The van der Waals surface area contributed by atoms with Crippen molar-refractivity contribution in [3.05, 3.63) is 11.4 Å². The van der Waals surface area contributed by atoms with E-state index in [-0.39, 0.29) is 6.17 Å². The molecule has 0 unspecified atom stereocenters. The van der Waals surface area contributed by atoms with Crippen LogP contribution in [0.15, 0.2) is 0 Å². The van der Waals surface area contributed by atoms with Crippen molar-refractivity contribution >= 4 is 0 Å². The first-order chi connectivity index (χ1) is 4.25. The third-order valence-electron chi connectivity index (χ3n) is 2.16. The molecule has 1 fully saturated rings. The highest BCUT2D eigenvalue weighted by Crippen LogP contribution is 2.21. The molecule has 0 radical (unpaired) electrons. The molecule has 2 heteroatoms. The third-order valence-corrected chi connectivity index (χ3v) is 2.16. The van der Waals surface area contributed by atoms with E-state index in [9.17, 15) is 0 Å². The molecule has 0 spiro atoms. The van der Waals surface area contributed by atoms with Gasteiger partial charge in [0.1, 0.15) is 0 Å². The van der Waals surface area contributed by atoms with E-state index in [0.717, 1.165) is 6.42 Å². The Bertz CT molecular complexity index is 136. The Morgan fingerprint density at radius 3 is 2.44 bits per heavy atom. The molecule has 9 heavy (non-hydrogen) atoms. The molecule has 0 bridgehead atoms. The van der Waals surface area contributed by atoms with E-state index >= 15 is 0 Å². The minimum Gasteiger partial charge on any atom is -0.296 e. The molecule has 1 saturated heterocycles. The predicted octanol–water partition coefficient (Wildman–Crippen LogP) is 1.35. The zero-order chi connectivity index (χ0) is 6.85. The summed E-state index contributed by atoms with van der Waals surface area (Å²) in [5.41, 5.74) is 0. The van der Waals surface area contributed by atoms with Crippen LogP contribution in [0.2, 0.25) is 0 Å². The predicted molar refractivity (Wildman–Crippen MR) is 36.8 cm³/mol. The maximum Gasteiger partial charge on any atom is 0.279 e. The van der Waals surface area contributed by atoms with Crippen LogP contribution in [0.25, 0.3) is 4.85 Å². The van der Waals surface area contributed by atoms with Crippen molar-refractivity contribution in [1.82, 2.24) is 4.90 Å². The van der Waals surface area contributed by atoms with Gasteiger partial charge in [0.2, 0.25) is 0 Å².